The standard InChI is InChI=1S/C22H17FN4O3S/c23-17-12-10-16(11-13-17)14-24-25-21(28)15-27(18-6-2-1-3-7-18)22-19-8-4-5-9-20(19)31(29,30)26-22/h1-14H,15H2,(H,25,28). The normalized spacial score (nSPS) is 14.2. The van der Waals surface area contributed by atoms with Crippen LogP contribution in [0.2, 0.25) is 0 Å². The van der Waals surface area contributed by atoms with Crippen LogP contribution in [0.5, 0.6) is 0 Å². The molecule has 9 heteroatoms. The maximum Gasteiger partial charge on any atom is 0.285 e. The number of para-hydroxylation sites is 1. The topological polar surface area (TPSA) is 91.2 Å². The number of anilines is 1. The van der Waals surface area contributed by atoms with Gasteiger partial charge in [-0.3, -0.25) is 4.79 Å². The molecule has 156 valence electrons. The number of amidine groups is 1. The van der Waals surface area contributed by atoms with Crippen LogP contribution in [0.25, 0.3) is 0 Å². The van der Waals surface area contributed by atoms with Crippen LogP contribution in [0.1, 0.15) is 11.1 Å². The van der Waals surface area contributed by atoms with Crippen LogP contribution in [-0.2, 0) is 14.8 Å². The van der Waals surface area contributed by atoms with Gasteiger partial charge in [-0.2, -0.15) is 13.5 Å². The summed E-state index contributed by atoms with van der Waals surface area (Å²) in [6, 6.07) is 21.0. The van der Waals surface area contributed by atoms with Crippen LogP contribution in [-0.4, -0.2) is 32.9 Å². The number of carbonyl (C=O) groups is 1. The van der Waals surface area contributed by atoms with Gasteiger partial charge in [-0.05, 0) is 42.0 Å². The number of hydrogen-bond donors (Lipinski definition) is 1. The van der Waals surface area contributed by atoms with Crippen molar-refractivity contribution < 1.29 is 17.6 Å². The summed E-state index contributed by atoms with van der Waals surface area (Å²) in [4.78, 5) is 14.2. The number of nitrogens with one attached hydrogen (secondary N) is 1. The van der Waals surface area contributed by atoms with E-state index >= 15 is 0 Å². The molecular formula is C22H17FN4O3S. The van der Waals surface area contributed by atoms with Crippen LogP contribution in [0, 0.1) is 5.82 Å². The van der Waals surface area contributed by atoms with Crippen molar-refractivity contribution in [1.82, 2.24) is 5.43 Å². The first kappa shape index (κ1) is 20.4. The molecule has 1 amide bonds. The van der Waals surface area contributed by atoms with Crippen molar-refractivity contribution in [3.8, 4) is 0 Å². The number of fused-ring (bicyclic) bond motifs is 1. The lowest BCUT2D eigenvalue weighted by atomic mass is 10.1. The fourth-order valence-electron chi connectivity index (χ4n) is 3.09. The van der Waals surface area contributed by atoms with E-state index in [1.807, 2.05) is 6.07 Å². The minimum atomic E-state index is -3.85. The lowest BCUT2D eigenvalue weighted by Crippen LogP contribution is -2.39. The fraction of sp³-hybridized carbons (Fsp3) is 0.0455. The van der Waals surface area contributed by atoms with Gasteiger partial charge in [0.25, 0.3) is 15.9 Å². The Balaban J connectivity index is 1.59. The van der Waals surface area contributed by atoms with Gasteiger partial charge < -0.3 is 4.90 Å². The average molecular weight is 436 g/mol. The van der Waals surface area contributed by atoms with Gasteiger partial charge >= 0.3 is 0 Å². The highest BCUT2D eigenvalue weighted by Gasteiger charge is 2.32. The van der Waals surface area contributed by atoms with Crippen LogP contribution < -0.4 is 10.3 Å². The van der Waals surface area contributed by atoms with Crippen molar-refractivity contribution in [2.45, 2.75) is 4.90 Å². The molecule has 1 aliphatic rings. The Morgan fingerprint density at radius 3 is 2.42 bits per heavy atom. The average Bonchev–Trinajstić information content (AvgIpc) is 3.05. The monoisotopic (exact) mass is 436 g/mol. The lowest BCUT2D eigenvalue weighted by Gasteiger charge is -2.23. The van der Waals surface area contributed by atoms with Crippen LogP contribution >= 0.6 is 0 Å². The highest BCUT2D eigenvalue weighted by Crippen LogP contribution is 2.29. The van der Waals surface area contributed by atoms with Gasteiger partial charge in [0.15, 0.2) is 5.84 Å². The first-order chi connectivity index (χ1) is 14.9. The smallest absolute Gasteiger partial charge is 0.285 e. The maximum absolute atomic E-state index is 13.0. The van der Waals surface area contributed by atoms with Crippen molar-refractivity contribution >= 4 is 33.7 Å². The van der Waals surface area contributed by atoms with Gasteiger partial charge in [0.1, 0.15) is 17.3 Å². The molecule has 0 radical (unpaired) electrons. The number of hydrazone groups is 1. The molecule has 0 unspecified atom stereocenters. The Hall–Kier alpha value is -3.85. The Bertz CT molecular complexity index is 1270. The van der Waals surface area contributed by atoms with Gasteiger partial charge in [-0.15, -0.1) is 4.40 Å². The molecule has 0 saturated heterocycles. The molecule has 0 spiro atoms. The fourth-order valence-corrected chi connectivity index (χ4v) is 4.30. The Morgan fingerprint density at radius 2 is 1.68 bits per heavy atom. The lowest BCUT2D eigenvalue weighted by molar-refractivity contribution is -0.119. The Labute approximate surface area is 178 Å². The molecule has 0 aromatic heterocycles. The molecule has 7 nitrogen and oxygen atoms in total. The zero-order chi connectivity index (χ0) is 21.8. The highest BCUT2D eigenvalue weighted by atomic mass is 32.2. The van der Waals surface area contributed by atoms with Gasteiger partial charge in [-0.1, -0.05) is 42.5 Å². The zero-order valence-electron chi connectivity index (χ0n) is 16.1. The van der Waals surface area contributed by atoms with E-state index in [1.165, 1.54) is 41.4 Å². The molecule has 31 heavy (non-hydrogen) atoms. The van der Waals surface area contributed by atoms with Crippen molar-refractivity contribution in [2.75, 3.05) is 11.4 Å². The predicted molar refractivity (Wildman–Crippen MR) is 116 cm³/mol. The summed E-state index contributed by atoms with van der Waals surface area (Å²) in [6.07, 6.45) is 1.39. The van der Waals surface area contributed by atoms with Crippen molar-refractivity contribution in [3.63, 3.8) is 0 Å². The number of rotatable bonds is 5. The summed E-state index contributed by atoms with van der Waals surface area (Å²) in [5, 5.41) is 3.89. The van der Waals surface area contributed by atoms with E-state index in [9.17, 15) is 17.6 Å². The molecule has 0 aliphatic carbocycles. The molecule has 0 bridgehead atoms. The molecule has 0 fully saturated rings. The van der Waals surface area contributed by atoms with Gasteiger partial charge in [-0.25, -0.2) is 9.82 Å². The zero-order valence-corrected chi connectivity index (χ0v) is 17.0. The van der Waals surface area contributed by atoms with Gasteiger partial charge in [0, 0.05) is 11.3 Å². The number of amides is 1. The molecule has 1 N–H and O–H groups in total. The number of benzene rings is 3. The van der Waals surface area contributed by atoms with Crippen LogP contribution in [0.4, 0.5) is 10.1 Å². The number of carbonyl (C=O) groups excluding carboxylic acids is 1. The number of sulfonamides is 1. The van der Waals surface area contributed by atoms with E-state index in [-0.39, 0.29) is 23.1 Å². The largest absolute Gasteiger partial charge is 0.316 e. The molecular weight excluding hydrogens is 419 g/mol. The summed E-state index contributed by atoms with van der Waals surface area (Å²) in [7, 11) is -3.85. The Kier molecular flexibility index (Phi) is 5.59. The maximum atomic E-state index is 13.0. The SMILES string of the molecule is O=C(CN(C1=NS(=O)(=O)c2ccccc21)c1ccccc1)NN=Cc1ccc(F)cc1. The quantitative estimate of drug-likeness (QED) is 0.492. The summed E-state index contributed by atoms with van der Waals surface area (Å²) < 4.78 is 41.8. The van der Waals surface area contributed by atoms with E-state index in [1.54, 1.807) is 42.5 Å². The first-order valence-corrected chi connectivity index (χ1v) is 10.7. The summed E-state index contributed by atoms with van der Waals surface area (Å²) >= 11 is 0. The van der Waals surface area contributed by atoms with Crippen LogP contribution in [0.3, 0.4) is 0 Å². The van der Waals surface area contributed by atoms with Crippen LogP contribution in [0.15, 0.2) is 93.3 Å². The number of halogens is 1. The van der Waals surface area contributed by atoms with E-state index in [0.717, 1.165) is 0 Å². The molecule has 1 heterocycles. The van der Waals surface area contributed by atoms with Crippen molar-refractivity contribution in [2.24, 2.45) is 9.50 Å². The van der Waals surface area contributed by atoms with E-state index in [2.05, 4.69) is 14.9 Å². The molecule has 0 atom stereocenters. The number of nitrogens with zero attached hydrogens (tertiary/aromatic N) is 3. The Morgan fingerprint density at radius 1 is 1.00 bits per heavy atom. The predicted octanol–water partition coefficient (Wildman–Crippen LogP) is 2.93. The second kappa shape index (κ2) is 8.49. The molecule has 3 aromatic carbocycles. The summed E-state index contributed by atoms with van der Waals surface area (Å²) in [5.41, 5.74) is 4.05. The third-order valence-corrected chi connectivity index (χ3v) is 5.84. The molecule has 3 aromatic rings. The highest BCUT2D eigenvalue weighted by molar-refractivity contribution is 7.90. The third kappa shape index (κ3) is 4.51. The van der Waals surface area contributed by atoms with Crippen molar-refractivity contribution in [1.29, 1.82) is 0 Å². The number of hydrogen-bond acceptors (Lipinski definition) is 5. The van der Waals surface area contributed by atoms with Crippen molar-refractivity contribution in [3.05, 3.63) is 95.8 Å². The van der Waals surface area contributed by atoms with E-state index in [4.69, 9.17) is 0 Å². The molecule has 4 rings (SSSR count). The molecule has 0 saturated carbocycles. The van der Waals surface area contributed by atoms with E-state index in [0.29, 0.717) is 16.8 Å². The van der Waals surface area contributed by atoms with Gasteiger partial charge in [0.05, 0.1) is 6.21 Å². The summed E-state index contributed by atoms with van der Waals surface area (Å²) in [6.45, 7) is -0.215. The minimum Gasteiger partial charge on any atom is -0.316 e. The minimum absolute atomic E-state index is 0.0978. The molecule has 1 aliphatic heterocycles. The second-order valence-electron chi connectivity index (χ2n) is 6.65. The second-order valence-corrected chi connectivity index (χ2v) is 8.23. The van der Waals surface area contributed by atoms with E-state index < -0.39 is 15.9 Å². The van der Waals surface area contributed by atoms with Gasteiger partial charge in [0.2, 0.25) is 0 Å². The first-order valence-electron chi connectivity index (χ1n) is 9.28. The summed E-state index contributed by atoms with van der Waals surface area (Å²) in [5.74, 6) is -0.682. The third-order valence-electron chi connectivity index (χ3n) is 4.51.